The fourth-order valence-corrected chi connectivity index (χ4v) is 3.55. The lowest BCUT2D eigenvalue weighted by atomic mass is 10.1. The Bertz CT molecular complexity index is 846. The van der Waals surface area contributed by atoms with Crippen LogP contribution in [0.15, 0.2) is 47.4 Å². The minimum atomic E-state index is -3.91. The molecule has 2 rings (SSSR count). The second-order valence-corrected chi connectivity index (χ2v) is 6.87. The summed E-state index contributed by atoms with van der Waals surface area (Å²) >= 11 is 0. The van der Waals surface area contributed by atoms with Crippen LogP contribution in [0.25, 0.3) is 0 Å². The summed E-state index contributed by atoms with van der Waals surface area (Å²) in [6.07, 6.45) is 0.519. The molecule has 2 aromatic carbocycles. The minimum absolute atomic E-state index is 0.0920. The lowest BCUT2D eigenvalue weighted by Gasteiger charge is -2.13. The van der Waals surface area contributed by atoms with E-state index in [0.29, 0.717) is 11.3 Å². The van der Waals surface area contributed by atoms with Gasteiger partial charge in [-0.1, -0.05) is 25.1 Å². The average molecular weight is 349 g/mol. The third kappa shape index (κ3) is 4.26. The molecule has 0 amide bonds. The van der Waals surface area contributed by atoms with Crippen molar-refractivity contribution < 1.29 is 23.1 Å². The van der Waals surface area contributed by atoms with Gasteiger partial charge >= 0.3 is 5.97 Å². The molecule has 2 N–H and O–H groups in total. The molecule has 0 fully saturated rings. The number of carboxylic acids is 1. The molecule has 0 aliphatic carbocycles. The summed E-state index contributed by atoms with van der Waals surface area (Å²) in [5.41, 5.74) is 1.83. The van der Waals surface area contributed by atoms with E-state index in [1.54, 1.807) is 18.2 Å². The highest BCUT2D eigenvalue weighted by Crippen LogP contribution is 2.27. The Kier molecular flexibility index (Phi) is 5.46. The molecule has 0 spiro atoms. The molecule has 0 bridgehead atoms. The number of anilines is 1. The molecule has 0 atom stereocenters. The van der Waals surface area contributed by atoms with Crippen molar-refractivity contribution in [1.82, 2.24) is 0 Å². The van der Waals surface area contributed by atoms with E-state index in [1.807, 2.05) is 13.0 Å². The van der Waals surface area contributed by atoms with E-state index in [4.69, 9.17) is 9.84 Å². The number of hydrogen-bond donors (Lipinski definition) is 2. The smallest absolute Gasteiger partial charge is 0.307 e. The van der Waals surface area contributed by atoms with Crippen LogP contribution < -0.4 is 9.46 Å². The summed E-state index contributed by atoms with van der Waals surface area (Å²) in [7, 11) is -2.54. The van der Waals surface area contributed by atoms with Gasteiger partial charge in [0.15, 0.2) is 0 Å². The van der Waals surface area contributed by atoms with Crippen LogP contribution in [-0.4, -0.2) is 26.6 Å². The molecule has 7 heteroatoms. The molecule has 0 unspecified atom stereocenters. The van der Waals surface area contributed by atoms with Gasteiger partial charge in [-0.05, 0) is 41.8 Å². The molecule has 0 aliphatic rings. The van der Waals surface area contributed by atoms with Crippen LogP contribution in [0.1, 0.15) is 18.1 Å². The van der Waals surface area contributed by atoms with Crippen LogP contribution in [0.5, 0.6) is 5.75 Å². The van der Waals surface area contributed by atoms with Gasteiger partial charge in [0.25, 0.3) is 10.0 Å². The Balaban J connectivity index is 2.41. The first-order valence-corrected chi connectivity index (χ1v) is 8.84. The quantitative estimate of drug-likeness (QED) is 0.802. The molecule has 0 saturated heterocycles. The number of benzene rings is 2. The molecule has 128 valence electrons. The normalized spacial score (nSPS) is 11.1. The number of carbonyl (C=O) groups is 1. The van der Waals surface area contributed by atoms with Crippen molar-refractivity contribution in [3.05, 3.63) is 53.6 Å². The van der Waals surface area contributed by atoms with E-state index < -0.39 is 16.0 Å². The van der Waals surface area contributed by atoms with Gasteiger partial charge in [-0.3, -0.25) is 9.52 Å². The monoisotopic (exact) mass is 349 g/mol. The molecule has 0 saturated carbocycles. The van der Waals surface area contributed by atoms with Crippen LogP contribution in [0.3, 0.4) is 0 Å². The topological polar surface area (TPSA) is 92.7 Å². The van der Waals surface area contributed by atoms with Crippen molar-refractivity contribution in [1.29, 1.82) is 0 Å². The molecule has 2 aromatic rings. The first-order chi connectivity index (χ1) is 11.4. The first kappa shape index (κ1) is 17.8. The Morgan fingerprint density at radius 2 is 1.92 bits per heavy atom. The first-order valence-electron chi connectivity index (χ1n) is 7.36. The predicted molar refractivity (Wildman–Crippen MR) is 91.0 cm³/mol. The highest BCUT2D eigenvalue weighted by molar-refractivity contribution is 7.92. The van der Waals surface area contributed by atoms with Gasteiger partial charge in [-0.15, -0.1) is 0 Å². The largest absolute Gasteiger partial charge is 0.495 e. The maximum absolute atomic E-state index is 12.7. The Labute approximate surface area is 141 Å². The lowest BCUT2D eigenvalue weighted by Crippen LogP contribution is -2.15. The second-order valence-electron chi connectivity index (χ2n) is 5.22. The second kappa shape index (κ2) is 7.35. The van der Waals surface area contributed by atoms with Crippen LogP contribution in [0.4, 0.5) is 5.69 Å². The number of hydrogen-bond acceptors (Lipinski definition) is 4. The summed E-state index contributed by atoms with van der Waals surface area (Å²) in [5, 5.41) is 8.88. The van der Waals surface area contributed by atoms with E-state index in [0.717, 1.165) is 12.0 Å². The van der Waals surface area contributed by atoms with Crippen molar-refractivity contribution in [2.45, 2.75) is 24.7 Å². The zero-order chi connectivity index (χ0) is 17.7. The van der Waals surface area contributed by atoms with Crippen LogP contribution in [0, 0.1) is 0 Å². The SMILES string of the molecule is CCc1cccc(NS(=O)(=O)c2cc(CC(=O)O)ccc2OC)c1. The van der Waals surface area contributed by atoms with Crippen molar-refractivity contribution in [3.63, 3.8) is 0 Å². The highest BCUT2D eigenvalue weighted by Gasteiger charge is 2.21. The molecule has 24 heavy (non-hydrogen) atoms. The van der Waals surface area contributed by atoms with Gasteiger partial charge < -0.3 is 9.84 Å². The molecule has 0 aromatic heterocycles. The lowest BCUT2D eigenvalue weighted by molar-refractivity contribution is -0.136. The Morgan fingerprint density at radius 1 is 1.17 bits per heavy atom. The predicted octanol–water partition coefficient (Wildman–Crippen LogP) is 2.69. The third-order valence-corrected chi connectivity index (χ3v) is 4.86. The van der Waals surface area contributed by atoms with Crippen molar-refractivity contribution in [2.24, 2.45) is 0 Å². The van der Waals surface area contributed by atoms with E-state index in [1.165, 1.54) is 25.3 Å². The molecule has 0 radical (unpaired) electrons. The fraction of sp³-hybridized carbons (Fsp3) is 0.235. The van der Waals surface area contributed by atoms with E-state index in [-0.39, 0.29) is 17.1 Å². The number of carboxylic acid groups (broad SMARTS) is 1. The summed E-state index contributed by atoms with van der Waals surface area (Å²) in [6, 6.07) is 11.4. The summed E-state index contributed by atoms with van der Waals surface area (Å²) in [5.74, 6) is -0.879. The average Bonchev–Trinajstić information content (AvgIpc) is 2.54. The van der Waals surface area contributed by atoms with Crippen LogP contribution in [-0.2, 0) is 27.7 Å². The van der Waals surface area contributed by atoms with E-state index in [9.17, 15) is 13.2 Å². The number of ether oxygens (including phenoxy) is 1. The van der Waals surface area contributed by atoms with Gasteiger partial charge in [-0.2, -0.15) is 0 Å². The number of aryl methyl sites for hydroxylation is 1. The molecule has 6 nitrogen and oxygen atoms in total. The highest BCUT2D eigenvalue weighted by atomic mass is 32.2. The summed E-state index contributed by atoms with van der Waals surface area (Å²) in [4.78, 5) is 10.8. The molecule has 0 heterocycles. The molecular weight excluding hydrogens is 330 g/mol. The van der Waals surface area contributed by atoms with Crippen molar-refractivity contribution in [2.75, 3.05) is 11.8 Å². The van der Waals surface area contributed by atoms with Gasteiger partial charge in [0.05, 0.1) is 13.5 Å². The van der Waals surface area contributed by atoms with Gasteiger partial charge in [0.2, 0.25) is 0 Å². The fourth-order valence-electron chi connectivity index (χ4n) is 2.28. The van der Waals surface area contributed by atoms with Gasteiger partial charge in [0.1, 0.15) is 10.6 Å². The Hall–Kier alpha value is -2.54. The van der Waals surface area contributed by atoms with Crippen molar-refractivity contribution in [3.8, 4) is 5.75 Å². The maximum Gasteiger partial charge on any atom is 0.307 e. The maximum atomic E-state index is 12.7. The molecular formula is C17H19NO5S. The van der Waals surface area contributed by atoms with Crippen molar-refractivity contribution >= 4 is 21.7 Å². The summed E-state index contributed by atoms with van der Waals surface area (Å²) < 4.78 is 33.0. The van der Waals surface area contributed by atoms with Crippen LogP contribution in [0.2, 0.25) is 0 Å². The number of nitrogens with one attached hydrogen (secondary N) is 1. The van der Waals surface area contributed by atoms with E-state index in [2.05, 4.69) is 4.72 Å². The van der Waals surface area contributed by atoms with Crippen LogP contribution >= 0.6 is 0 Å². The molecule has 0 aliphatic heterocycles. The number of sulfonamides is 1. The van der Waals surface area contributed by atoms with Gasteiger partial charge in [0, 0.05) is 5.69 Å². The standard InChI is InChI=1S/C17H19NO5S/c1-3-12-5-4-6-14(9-12)18-24(21,22)16-10-13(11-17(19)20)7-8-15(16)23-2/h4-10,18H,3,11H2,1-2H3,(H,19,20). The summed E-state index contributed by atoms with van der Waals surface area (Å²) in [6.45, 7) is 1.98. The number of rotatable bonds is 7. The minimum Gasteiger partial charge on any atom is -0.495 e. The van der Waals surface area contributed by atoms with E-state index >= 15 is 0 Å². The zero-order valence-corrected chi connectivity index (χ0v) is 14.3. The number of aliphatic carboxylic acids is 1. The Morgan fingerprint density at radius 3 is 2.54 bits per heavy atom. The number of methoxy groups -OCH3 is 1. The third-order valence-electron chi connectivity index (χ3n) is 3.46. The zero-order valence-electron chi connectivity index (χ0n) is 13.4. The van der Waals surface area contributed by atoms with Gasteiger partial charge in [-0.25, -0.2) is 8.42 Å².